The molecule has 68 valence electrons. The molecule has 0 N–H and O–H groups in total. The van der Waals surface area contributed by atoms with Gasteiger partial charge in [-0.1, -0.05) is 13.0 Å². The molecule has 0 spiro atoms. The first-order valence-corrected chi connectivity index (χ1v) is 4.73. The molecule has 1 amide bonds. The summed E-state index contributed by atoms with van der Waals surface area (Å²) >= 11 is 0. The van der Waals surface area contributed by atoms with Crippen molar-refractivity contribution in [3.63, 3.8) is 0 Å². The summed E-state index contributed by atoms with van der Waals surface area (Å²) < 4.78 is 0. The lowest BCUT2D eigenvalue weighted by molar-refractivity contribution is -0.126. The largest absolute Gasteiger partial charge is 0.336 e. The van der Waals surface area contributed by atoms with Crippen molar-refractivity contribution in [3.8, 4) is 0 Å². The summed E-state index contributed by atoms with van der Waals surface area (Å²) in [6, 6.07) is 0.444. The minimum Gasteiger partial charge on any atom is -0.336 e. The Morgan fingerprint density at radius 3 is 2.92 bits per heavy atom. The Morgan fingerprint density at radius 2 is 2.42 bits per heavy atom. The molecule has 2 heteroatoms. The van der Waals surface area contributed by atoms with Crippen molar-refractivity contribution < 1.29 is 4.79 Å². The van der Waals surface area contributed by atoms with Crippen molar-refractivity contribution in [3.05, 3.63) is 12.2 Å². The summed E-state index contributed by atoms with van der Waals surface area (Å²) in [6.07, 6.45) is 6.88. The fraction of sp³-hybridized carbons (Fsp3) is 0.700. The third kappa shape index (κ3) is 2.10. The average Bonchev–Trinajstić information content (AvgIpc) is 2.47. The van der Waals surface area contributed by atoms with Gasteiger partial charge in [-0.25, -0.2) is 0 Å². The number of rotatable bonds is 2. The van der Waals surface area contributed by atoms with Gasteiger partial charge in [0, 0.05) is 12.6 Å². The molecule has 0 aromatic heterocycles. The maximum atomic E-state index is 11.5. The first-order valence-electron chi connectivity index (χ1n) is 4.73. The van der Waals surface area contributed by atoms with Gasteiger partial charge in [-0.15, -0.1) is 0 Å². The van der Waals surface area contributed by atoms with Gasteiger partial charge in [-0.05, 0) is 32.3 Å². The molecule has 0 aliphatic carbocycles. The number of carbonyl (C=O) groups excluding carboxylic acids is 1. The number of hydrogen-bond donors (Lipinski definition) is 0. The van der Waals surface area contributed by atoms with Crippen LogP contribution >= 0.6 is 0 Å². The normalized spacial score (nSPS) is 23.8. The van der Waals surface area contributed by atoms with Crippen LogP contribution in [0.2, 0.25) is 0 Å². The van der Waals surface area contributed by atoms with Crippen LogP contribution in [0.1, 0.15) is 33.1 Å². The van der Waals surface area contributed by atoms with Gasteiger partial charge in [0.2, 0.25) is 5.91 Å². The van der Waals surface area contributed by atoms with Crippen LogP contribution in [0.3, 0.4) is 0 Å². The molecule has 0 saturated carbocycles. The SMILES string of the molecule is CC/C=C/C(=O)N1CCCC1C. The van der Waals surface area contributed by atoms with Crippen molar-refractivity contribution in [2.24, 2.45) is 0 Å². The zero-order valence-electron chi connectivity index (χ0n) is 7.92. The standard InChI is InChI=1S/C10H17NO/c1-3-4-7-10(12)11-8-5-6-9(11)2/h4,7,9H,3,5-6,8H2,1-2H3/b7-4+. The molecule has 1 aliphatic rings. The number of allylic oxidation sites excluding steroid dienone is 1. The van der Waals surface area contributed by atoms with E-state index in [1.165, 1.54) is 0 Å². The van der Waals surface area contributed by atoms with Crippen molar-refractivity contribution in [1.29, 1.82) is 0 Å². The van der Waals surface area contributed by atoms with Gasteiger partial charge >= 0.3 is 0 Å². The first-order chi connectivity index (χ1) is 5.75. The van der Waals surface area contributed by atoms with Crippen LogP contribution in [0.4, 0.5) is 0 Å². The second kappa shape index (κ2) is 4.29. The average molecular weight is 167 g/mol. The molecule has 1 heterocycles. The maximum absolute atomic E-state index is 11.5. The molecule has 1 atom stereocenters. The second-order valence-corrected chi connectivity index (χ2v) is 3.33. The Bertz CT molecular complexity index is 186. The molecule has 1 fully saturated rings. The van der Waals surface area contributed by atoms with Gasteiger partial charge in [-0.2, -0.15) is 0 Å². The van der Waals surface area contributed by atoms with E-state index in [1.807, 2.05) is 17.9 Å². The molecule has 1 aliphatic heterocycles. The number of likely N-dealkylation sites (tertiary alicyclic amines) is 1. The van der Waals surface area contributed by atoms with Crippen molar-refractivity contribution >= 4 is 5.91 Å². The third-order valence-corrected chi connectivity index (χ3v) is 2.33. The summed E-state index contributed by atoms with van der Waals surface area (Å²) in [5.41, 5.74) is 0. The van der Waals surface area contributed by atoms with E-state index in [0.717, 1.165) is 25.8 Å². The number of carbonyl (C=O) groups is 1. The highest BCUT2D eigenvalue weighted by molar-refractivity contribution is 5.87. The van der Waals surface area contributed by atoms with Crippen LogP contribution in [0.15, 0.2) is 12.2 Å². The predicted molar refractivity (Wildman–Crippen MR) is 49.8 cm³/mol. The predicted octanol–water partition coefficient (Wildman–Crippen LogP) is 1.96. The zero-order valence-corrected chi connectivity index (χ0v) is 7.92. The Kier molecular flexibility index (Phi) is 3.32. The van der Waals surface area contributed by atoms with Gasteiger partial charge in [0.15, 0.2) is 0 Å². The van der Waals surface area contributed by atoms with E-state index in [2.05, 4.69) is 6.92 Å². The van der Waals surface area contributed by atoms with Gasteiger partial charge in [0.05, 0.1) is 0 Å². The highest BCUT2D eigenvalue weighted by Crippen LogP contribution is 2.16. The van der Waals surface area contributed by atoms with Crippen LogP contribution in [0.5, 0.6) is 0 Å². The highest BCUT2D eigenvalue weighted by atomic mass is 16.2. The Morgan fingerprint density at radius 1 is 1.67 bits per heavy atom. The second-order valence-electron chi connectivity index (χ2n) is 3.33. The van der Waals surface area contributed by atoms with Gasteiger partial charge in [0.25, 0.3) is 0 Å². The van der Waals surface area contributed by atoms with E-state index in [4.69, 9.17) is 0 Å². The van der Waals surface area contributed by atoms with Crippen molar-refractivity contribution in [2.75, 3.05) is 6.54 Å². The van der Waals surface area contributed by atoms with E-state index >= 15 is 0 Å². The number of amides is 1. The van der Waals surface area contributed by atoms with Gasteiger partial charge in [0.1, 0.15) is 0 Å². The first kappa shape index (κ1) is 9.30. The summed E-state index contributed by atoms with van der Waals surface area (Å²) in [7, 11) is 0. The molecule has 1 unspecified atom stereocenters. The molecule has 1 rings (SSSR count). The fourth-order valence-electron chi connectivity index (χ4n) is 1.58. The zero-order chi connectivity index (χ0) is 8.97. The lowest BCUT2D eigenvalue weighted by atomic mass is 10.2. The Balaban J connectivity index is 2.46. The molecule has 0 bridgehead atoms. The van der Waals surface area contributed by atoms with Crippen molar-refractivity contribution in [2.45, 2.75) is 39.2 Å². The van der Waals surface area contributed by atoms with Crippen LogP contribution in [-0.2, 0) is 4.79 Å². The molecular formula is C10H17NO. The highest BCUT2D eigenvalue weighted by Gasteiger charge is 2.22. The van der Waals surface area contributed by atoms with E-state index in [1.54, 1.807) is 6.08 Å². The quantitative estimate of drug-likeness (QED) is 0.576. The Labute approximate surface area is 74.2 Å². The monoisotopic (exact) mass is 167 g/mol. The minimum atomic E-state index is 0.182. The molecule has 12 heavy (non-hydrogen) atoms. The third-order valence-electron chi connectivity index (χ3n) is 2.33. The summed E-state index contributed by atoms with van der Waals surface area (Å²) in [6.45, 7) is 5.09. The van der Waals surface area contributed by atoms with Gasteiger partial charge in [-0.3, -0.25) is 4.79 Å². The van der Waals surface area contributed by atoms with Crippen LogP contribution in [0, 0.1) is 0 Å². The van der Waals surface area contributed by atoms with E-state index in [0.29, 0.717) is 6.04 Å². The van der Waals surface area contributed by atoms with Crippen LogP contribution < -0.4 is 0 Å². The Hall–Kier alpha value is -0.790. The molecule has 0 aromatic rings. The topological polar surface area (TPSA) is 20.3 Å². The van der Waals surface area contributed by atoms with E-state index < -0.39 is 0 Å². The minimum absolute atomic E-state index is 0.182. The van der Waals surface area contributed by atoms with Crippen LogP contribution in [-0.4, -0.2) is 23.4 Å². The number of hydrogen-bond acceptors (Lipinski definition) is 1. The molecular weight excluding hydrogens is 150 g/mol. The van der Waals surface area contributed by atoms with Crippen molar-refractivity contribution in [1.82, 2.24) is 4.90 Å². The lowest BCUT2D eigenvalue weighted by Crippen LogP contribution is -2.32. The smallest absolute Gasteiger partial charge is 0.246 e. The van der Waals surface area contributed by atoms with E-state index in [-0.39, 0.29) is 5.91 Å². The summed E-state index contributed by atoms with van der Waals surface area (Å²) in [4.78, 5) is 13.4. The summed E-state index contributed by atoms with van der Waals surface area (Å²) in [5.74, 6) is 0.182. The molecule has 0 radical (unpaired) electrons. The lowest BCUT2D eigenvalue weighted by Gasteiger charge is -2.19. The summed E-state index contributed by atoms with van der Waals surface area (Å²) in [5, 5.41) is 0. The molecule has 2 nitrogen and oxygen atoms in total. The fourth-order valence-corrected chi connectivity index (χ4v) is 1.58. The van der Waals surface area contributed by atoms with Crippen LogP contribution in [0.25, 0.3) is 0 Å². The molecule has 0 aromatic carbocycles. The van der Waals surface area contributed by atoms with E-state index in [9.17, 15) is 4.79 Å². The number of nitrogens with zero attached hydrogens (tertiary/aromatic N) is 1. The maximum Gasteiger partial charge on any atom is 0.246 e. The molecule has 1 saturated heterocycles. The van der Waals surface area contributed by atoms with Gasteiger partial charge < -0.3 is 4.90 Å².